The van der Waals surface area contributed by atoms with E-state index in [1.54, 1.807) is 12.8 Å². The highest BCUT2D eigenvalue weighted by atomic mass is 127. The second kappa shape index (κ2) is 3.63. The van der Waals surface area contributed by atoms with E-state index in [9.17, 15) is 0 Å². The van der Waals surface area contributed by atoms with Gasteiger partial charge in [0.15, 0.2) is 0 Å². The molecule has 2 rings (SSSR count). The normalized spacial score (nSPS) is 45.0. The van der Waals surface area contributed by atoms with E-state index in [1.807, 2.05) is 0 Å². The van der Waals surface area contributed by atoms with Crippen molar-refractivity contribution in [3.63, 3.8) is 0 Å². The maximum atomic E-state index is 2.69. The van der Waals surface area contributed by atoms with Crippen LogP contribution in [0.25, 0.3) is 0 Å². The van der Waals surface area contributed by atoms with Gasteiger partial charge in [0.2, 0.25) is 0 Å². The third kappa shape index (κ3) is 1.73. The molecule has 0 heterocycles. The second-order valence-electron chi connectivity index (χ2n) is 4.16. The maximum Gasteiger partial charge on any atom is 0.0140 e. The molecule has 0 aromatic rings. The van der Waals surface area contributed by atoms with Crippen LogP contribution in [0.1, 0.15) is 44.9 Å². The lowest BCUT2D eigenvalue weighted by atomic mass is 9.71. The molecule has 0 aromatic heterocycles. The predicted molar refractivity (Wildman–Crippen MR) is 57.1 cm³/mol. The van der Waals surface area contributed by atoms with Crippen molar-refractivity contribution in [2.45, 2.75) is 48.9 Å². The van der Waals surface area contributed by atoms with Gasteiger partial charge >= 0.3 is 0 Å². The van der Waals surface area contributed by atoms with E-state index in [1.165, 1.54) is 32.1 Å². The molecular weight excluding hydrogens is 247 g/mol. The molecule has 0 bridgehead atoms. The molecule has 3 atom stereocenters. The maximum absolute atomic E-state index is 2.69. The van der Waals surface area contributed by atoms with Gasteiger partial charge in [0.25, 0.3) is 0 Å². The summed E-state index contributed by atoms with van der Waals surface area (Å²) in [5.41, 5.74) is 0. The Kier molecular flexibility index (Phi) is 2.75. The largest absolute Gasteiger partial charge is 0.0823 e. The van der Waals surface area contributed by atoms with E-state index >= 15 is 0 Å². The Morgan fingerprint density at radius 3 is 2.36 bits per heavy atom. The van der Waals surface area contributed by atoms with Crippen LogP contribution in [0.4, 0.5) is 0 Å². The van der Waals surface area contributed by atoms with Crippen LogP contribution in [0.2, 0.25) is 0 Å². The molecule has 0 nitrogen and oxygen atoms in total. The van der Waals surface area contributed by atoms with Gasteiger partial charge in [0, 0.05) is 3.92 Å². The minimum Gasteiger partial charge on any atom is -0.0823 e. The van der Waals surface area contributed by atoms with Gasteiger partial charge in [-0.1, -0.05) is 54.7 Å². The molecule has 0 amide bonds. The number of hydrogen-bond acceptors (Lipinski definition) is 0. The van der Waals surface area contributed by atoms with Crippen LogP contribution in [0.3, 0.4) is 0 Å². The molecular formula is C10H17I. The average molecular weight is 264 g/mol. The molecule has 2 aliphatic carbocycles. The number of rotatable bonds is 0. The van der Waals surface area contributed by atoms with Crippen molar-refractivity contribution in [2.75, 3.05) is 0 Å². The molecule has 2 saturated carbocycles. The first-order chi connectivity index (χ1) is 5.38. The predicted octanol–water partition coefficient (Wildman–Crippen LogP) is 3.78. The summed E-state index contributed by atoms with van der Waals surface area (Å²) in [6.45, 7) is 0. The molecule has 11 heavy (non-hydrogen) atoms. The highest BCUT2D eigenvalue weighted by Gasteiger charge is 2.32. The van der Waals surface area contributed by atoms with Crippen LogP contribution in [0, 0.1) is 11.8 Å². The highest BCUT2D eigenvalue weighted by molar-refractivity contribution is 14.1. The zero-order valence-corrected chi connectivity index (χ0v) is 9.22. The van der Waals surface area contributed by atoms with Crippen molar-refractivity contribution in [3.8, 4) is 0 Å². The Bertz CT molecular complexity index is 131. The summed E-state index contributed by atoms with van der Waals surface area (Å²) in [4.78, 5) is 0. The third-order valence-corrected chi connectivity index (χ3v) is 5.03. The molecule has 1 unspecified atom stereocenters. The SMILES string of the molecule is IC1CCC[C@@H]2CCCC[C@H]12. The summed E-state index contributed by atoms with van der Waals surface area (Å²) in [6.07, 6.45) is 10.7. The van der Waals surface area contributed by atoms with Crippen molar-refractivity contribution < 1.29 is 0 Å². The third-order valence-electron chi connectivity index (χ3n) is 3.49. The molecule has 64 valence electrons. The molecule has 0 aromatic carbocycles. The van der Waals surface area contributed by atoms with Gasteiger partial charge in [0.05, 0.1) is 0 Å². The van der Waals surface area contributed by atoms with Gasteiger partial charge in [0.1, 0.15) is 0 Å². The van der Waals surface area contributed by atoms with Crippen LogP contribution in [0.15, 0.2) is 0 Å². The Labute approximate surface area is 83.3 Å². The van der Waals surface area contributed by atoms with Crippen molar-refractivity contribution >= 4 is 22.6 Å². The summed E-state index contributed by atoms with van der Waals surface area (Å²) >= 11 is 2.69. The molecule has 2 fully saturated rings. The summed E-state index contributed by atoms with van der Waals surface area (Å²) in [5, 5.41) is 0. The minimum absolute atomic E-state index is 1.02. The number of alkyl halides is 1. The van der Waals surface area contributed by atoms with Crippen molar-refractivity contribution in [3.05, 3.63) is 0 Å². The number of halogens is 1. The minimum atomic E-state index is 1.02. The second-order valence-corrected chi connectivity index (χ2v) is 5.76. The average Bonchev–Trinajstić information content (AvgIpc) is 2.06. The lowest BCUT2D eigenvalue weighted by Crippen LogP contribution is -2.30. The van der Waals surface area contributed by atoms with Gasteiger partial charge in [-0.3, -0.25) is 0 Å². The van der Waals surface area contributed by atoms with Gasteiger partial charge in [-0.2, -0.15) is 0 Å². The first kappa shape index (κ1) is 8.33. The highest BCUT2D eigenvalue weighted by Crippen LogP contribution is 2.43. The summed E-state index contributed by atoms with van der Waals surface area (Å²) in [7, 11) is 0. The van der Waals surface area contributed by atoms with Crippen LogP contribution in [-0.2, 0) is 0 Å². The quantitative estimate of drug-likeness (QED) is 0.461. The lowest BCUT2D eigenvalue weighted by molar-refractivity contribution is 0.184. The van der Waals surface area contributed by atoms with E-state index in [-0.39, 0.29) is 0 Å². The first-order valence-electron chi connectivity index (χ1n) is 5.02. The van der Waals surface area contributed by atoms with Crippen LogP contribution < -0.4 is 0 Å². The van der Waals surface area contributed by atoms with Crippen molar-refractivity contribution in [2.24, 2.45) is 11.8 Å². The van der Waals surface area contributed by atoms with Crippen LogP contribution in [-0.4, -0.2) is 3.92 Å². The molecule has 0 spiro atoms. The Balaban J connectivity index is 1.99. The van der Waals surface area contributed by atoms with Gasteiger partial charge < -0.3 is 0 Å². The van der Waals surface area contributed by atoms with Gasteiger partial charge in [-0.25, -0.2) is 0 Å². The summed E-state index contributed by atoms with van der Waals surface area (Å²) in [6, 6.07) is 0. The molecule has 0 radical (unpaired) electrons. The van der Waals surface area contributed by atoms with Crippen molar-refractivity contribution in [1.29, 1.82) is 0 Å². The number of hydrogen-bond donors (Lipinski definition) is 0. The monoisotopic (exact) mass is 264 g/mol. The smallest absolute Gasteiger partial charge is 0.0140 e. The summed E-state index contributed by atoms with van der Waals surface area (Å²) in [5.74, 6) is 2.23. The van der Waals surface area contributed by atoms with Crippen LogP contribution >= 0.6 is 22.6 Å². The van der Waals surface area contributed by atoms with Gasteiger partial charge in [-0.15, -0.1) is 0 Å². The zero-order chi connectivity index (χ0) is 7.68. The van der Waals surface area contributed by atoms with E-state index in [0.29, 0.717) is 0 Å². The van der Waals surface area contributed by atoms with E-state index in [2.05, 4.69) is 22.6 Å². The molecule has 1 heteroatoms. The fraction of sp³-hybridized carbons (Fsp3) is 1.00. The van der Waals surface area contributed by atoms with E-state index in [4.69, 9.17) is 0 Å². The Hall–Kier alpha value is 0.730. The Morgan fingerprint density at radius 2 is 1.55 bits per heavy atom. The lowest BCUT2D eigenvalue weighted by Gasteiger charge is -2.38. The first-order valence-corrected chi connectivity index (χ1v) is 6.26. The number of fused-ring (bicyclic) bond motifs is 1. The summed E-state index contributed by atoms with van der Waals surface area (Å²) < 4.78 is 1.02. The van der Waals surface area contributed by atoms with E-state index < -0.39 is 0 Å². The van der Waals surface area contributed by atoms with Crippen LogP contribution in [0.5, 0.6) is 0 Å². The van der Waals surface area contributed by atoms with Gasteiger partial charge in [-0.05, 0) is 24.7 Å². The molecule has 0 aliphatic heterocycles. The molecule has 0 N–H and O–H groups in total. The van der Waals surface area contributed by atoms with E-state index in [0.717, 1.165) is 15.8 Å². The molecule has 0 saturated heterocycles. The Morgan fingerprint density at radius 1 is 0.818 bits per heavy atom. The topological polar surface area (TPSA) is 0 Å². The standard InChI is InChI=1S/C10H17I/c11-10-7-3-5-8-4-1-2-6-9(8)10/h8-10H,1-7H2/t8-,9-,10?/m0/s1. The fourth-order valence-electron chi connectivity index (χ4n) is 2.86. The fourth-order valence-corrected chi connectivity index (χ4v) is 4.25. The zero-order valence-electron chi connectivity index (χ0n) is 7.06. The molecule has 2 aliphatic rings. The van der Waals surface area contributed by atoms with Crippen molar-refractivity contribution in [1.82, 2.24) is 0 Å².